The van der Waals surface area contributed by atoms with Gasteiger partial charge in [-0.25, -0.2) is 5.14 Å². The van der Waals surface area contributed by atoms with Crippen LogP contribution in [0.2, 0.25) is 0 Å². The first-order valence-electron chi connectivity index (χ1n) is 4.84. The number of ether oxygens (including phenoxy) is 2. The Morgan fingerprint density at radius 2 is 1.78 bits per heavy atom. The van der Waals surface area contributed by atoms with Crippen LogP contribution < -0.4 is 14.6 Å². The Hall–Kier alpha value is -0.310. The molecule has 0 spiro atoms. The molecule has 0 saturated carbocycles. The van der Waals surface area contributed by atoms with E-state index in [-0.39, 0.29) is 36.2 Å². The SMILES string of the molecule is COc1ccc(CCOS(N)(=O)=O)cc1OC.[NaH]. The number of rotatable bonds is 6. The Bertz CT molecular complexity index is 477. The van der Waals surface area contributed by atoms with Gasteiger partial charge in [-0.1, -0.05) is 6.07 Å². The molecule has 6 nitrogen and oxygen atoms in total. The zero-order valence-corrected chi connectivity index (χ0v) is 10.5. The van der Waals surface area contributed by atoms with Crippen LogP contribution in [0, 0.1) is 0 Å². The molecule has 8 heteroatoms. The van der Waals surface area contributed by atoms with Gasteiger partial charge in [0.15, 0.2) is 11.5 Å². The average Bonchev–Trinajstić information content (AvgIpc) is 2.27. The first kappa shape index (κ1) is 17.7. The van der Waals surface area contributed by atoms with E-state index in [0.29, 0.717) is 17.9 Å². The summed E-state index contributed by atoms with van der Waals surface area (Å²) < 4.78 is 35.7. The van der Waals surface area contributed by atoms with Crippen molar-refractivity contribution in [2.45, 2.75) is 6.42 Å². The van der Waals surface area contributed by atoms with Crippen LogP contribution in [0.25, 0.3) is 0 Å². The van der Waals surface area contributed by atoms with Gasteiger partial charge in [-0.3, -0.25) is 4.18 Å². The molecule has 0 aliphatic heterocycles. The second-order valence-electron chi connectivity index (χ2n) is 3.25. The van der Waals surface area contributed by atoms with Crippen LogP contribution in [-0.2, 0) is 20.9 Å². The van der Waals surface area contributed by atoms with E-state index in [1.165, 1.54) is 7.11 Å². The van der Waals surface area contributed by atoms with Gasteiger partial charge in [-0.2, -0.15) is 8.42 Å². The van der Waals surface area contributed by atoms with Crippen molar-refractivity contribution < 1.29 is 22.1 Å². The van der Waals surface area contributed by atoms with Crippen molar-refractivity contribution >= 4 is 39.9 Å². The molecular formula is C10H16NNaO5S. The fourth-order valence-corrected chi connectivity index (χ4v) is 1.63. The predicted molar refractivity (Wildman–Crippen MR) is 69.5 cm³/mol. The first-order chi connectivity index (χ1) is 7.96. The van der Waals surface area contributed by atoms with Gasteiger partial charge in [0.25, 0.3) is 0 Å². The molecule has 0 aliphatic carbocycles. The van der Waals surface area contributed by atoms with Crippen LogP contribution in [0.1, 0.15) is 5.56 Å². The molecule has 0 aromatic heterocycles. The molecule has 98 valence electrons. The summed E-state index contributed by atoms with van der Waals surface area (Å²) in [6, 6.07) is 5.30. The number of methoxy groups -OCH3 is 2. The van der Waals surface area contributed by atoms with Crippen LogP contribution >= 0.6 is 0 Å². The fourth-order valence-electron chi connectivity index (χ4n) is 1.31. The number of hydrogen-bond acceptors (Lipinski definition) is 5. The molecule has 1 aromatic carbocycles. The molecule has 0 atom stereocenters. The van der Waals surface area contributed by atoms with Gasteiger partial charge in [0.05, 0.1) is 20.8 Å². The van der Waals surface area contributed by atoms with Gasteiger partial charge in [0.2, 0.25) is 0 Å². The van der Waals surface area contributed by atoms with E-state index < -0.39 is 10.3 Å². The molecule has 1 aromatic rings. The third kappa shape index (κ3) is 6.03. The molecule has 18 heavy (non-hydrogen) atoms. The number of hydrogen-bond donors (Lipinski definition) is 1. The second-order valence-corrected chi connectivity index (χ2v) is 4.48. The van der Waals surface area contributed by atoms with Crippen molar-refractivity contribution in [3.05, 3.63) is 23.8 Å². The Morgan fingerprint density at radius 3 is 2.28 bits per heavy atom. The molecule has 0 heterocycles. The van der Waals surface area contributed by atoms with Crippen molar-refractivity contribution in [2.75, 3.05) is 20.8 Å². The van der Waals surface area contributed by atoms with E-state index in [1.807, 2.05) is 0 Å². The van der Waals surface area contributed by atoms with Crippen molar-refractivity contribution in [3.63, 3.8) is 0 Å². The number of benzene rings is 1. The van der Waals surface area contributed by atoms with E-state index >= 15 is 0 Å². The summed E-state index contributed by atoms with van der Waals surface area (Å²) in [5, 5.41) is 4.71. The summed E-state index contributed by atoms with van der Waals surface area (Å²) in [6.07, 6.45) is 0.413. The summed E-state index contributed by atoms with van der Waals surface area (Å²) in [7, 11) is -0.805. The van der Waals surface area contributed by atoms with Crippen LogP contribution in [0.3, 0.4) is 0 Å². The molecule has 0 radical (unpaired) electrons. The van der Waals surface area contributed by atoms with Gasteiger partial charge >= 0.3 is 39.9 Å². The molecule has 0 saturated heterocycles. The monoisotopic (exact) mass is 285 g/mol. The summed E-state index contributed by atoms with van der Waals surface area (Å²) in [4.78, 5) is 0. The fraction of sp³-hybridized carbons (Fsp3) is 0.400. The maximum absolute atomic E-state index is 10.6. The normalized spacial score (nSPS) is 10.6. The molecule has 0 bridgehead atoms. The minimum absolute atomic E-state index is 0. The van der Waals surface area contributed by atoms with E-state index in [9.17, 15) is 8.42 Å². The average molecular weight is 285 g/mol. The summed E-state index contributed by atoms with van der Waals surface area (Å²) in [5.74, 6) is 1.20. The quantitative estimate of drug-likeness (QED) is 0.732. The molecule has 2 N–H and O–H groups in total. The van der Waals surface area contributed by atoms with Gasteiger partial charge in [-0.15, -0.1) is 0 Å². The third-order valence-corrected chi connectivity index (χ3v) is 2.58. The summed E-state index contributed by atoms with van der Waals surface area (Å²) >= 11 is 0. The molecule has 0 aliphatic rings. The standard InChI is InChI=1S/C10H15NO5S.Na.H/c1-14-9-4-3-8(7-10(9)15-2)5-6-16-17(11,12)13;;/h3-4,7H,5-6H2,1-2H3,(H2,11,12,13);;. The van der Waals surface area contributed by atoms with Crippen molar-refractivity contribution in [1.29, 1.82) is 0 Å². The van der Waals surface area contributed by atoms with Crippen molar-refractivity contribution in [3.8, 4) is 11.5 Å². The van der Waals surface area contributed by atoms with E-state index in [2.05, 4.69) is 4.18 Å². The first-order valence-corrected chi connectivity index (χ1v) is 6.31. The second kappa shape index (κ2) is 7.98. The molecule has 1 rings (SSSR count). The zero-order chi connectivity index (χ0) is 12.9. The maximum atomic E-state index is 10.6. The topological polar surface area (TPSA) is 87.9 Å². The van der Waals surface area contributed by atoms with Crippen LogP contribution in [0.4, 0.5) is 0 Å². The Balaban J connectivity index is 0.00000289. The van der Waals surface area contributed by atoms with E-state index in [0.717, 1.165) is 5.56 Å². The molecular weight excluding hydrogens is 269 g/mol. The Labute approximate surface area is 129 Å². The van der Waals surface area contributed by atoms with E-state index in [4.69, 9.17) is 14.6 Å². The zero-order valence-electron chi connectivity index (χ0n) is 9.67. The van der Waals surface area contributed by atoms with Crippen LogP contribution in [0.15, 0.2) is 18.2 Å². The van der Waals surface area contributed by atoms with Gasteiger partial charge in [0, 0.05) is 0 Å². The van der Waals surface area contributed by atoms with Crippen LogP contribution in [-0.4, -0.2) is 58.8 Å². The Kier molecular flexibility index (Phi) is 7.84. The molecule has 0 unspecified atom stereocenters. The summed E-state index contributed by atoms with van der Waals surface area (Å²) in [6.45, 7) is -0.00564. The number of nitrogens with two attached hydrogens (primary N) is 1. The molecule has 0 amide bonds. The minimum atomic E-state index is -3.88. The van der Waals surface area contributed by atoms with Gasteiger partial charge < -0.3 is 9.47 Å². The van der Waals surface area contributed by atoms with Crippen LogP contribution in [0.5, 0.6) is 11.5 Å². The third-order valence-electron chi connectivity index (χ3n) is 2.09. The summed E-state index contributed by atoms with van der Waals surface area (Å²) in [5.41, 5.74) is 0.867. The van der Waals surface area contributed by atoms with Crippen molar-refractivity contribution in [2.24, 2.45) is 5.14 Å². The predicted octanol–water partition coefficient (Wildman–Crippen LogP) is -0.182. The van der Waals surface area contributed by atoms with E-state index in [1.54, 1.807) is 25.3 Å². The van der Waals surface area contributed by atoms with Crippen molar-refractivity contribution in [1.82, 2.24) is 0 Å². The van der Waals surface area contributed by atoms with Gasteiger partial charge in [0.1, 0.15) is 0 Å². The van der Waals surface area contributed by atoms with Gasteiger partial charge in [-0.05, 0) is 24.1 Å². The Morgan fingerprint density at radius 1 is 1.17 bits per heavy atom. The molecule has 0 fully saturated rings.